The maximum absolute atomic E-state index is 5.61. The van der Waals surface area contributed by atoms with Crippen molar-refractivity contribution in [1.29, 1.82) is 0 Å². The van der Waals surface area contributed by atoms with Crippen molar-refractivity contribution in [2.45, 2.75) is 0 Å². The van der Waals surface area contributed by atoms with Gasteiger partial charge in [-0.3, -0.25) is 4.90 Å². The molecular weight excluding hydrogens is 368 g/mol. The lowest BCUT2D eigenvalue weighted by atomic mass is 10.4. The van der Waals surface area contributed by atoms with Crippen LogP contribution in [-0.4, -0.2) is 130 Å². The van der Waals surface area contributed by atoms with Gasteiger partial charge in [0.2, 0.25) is 0 Å². The summed E-state index contributed by atoms with van der Waals surface area (Å²) in [6, 6.07) is 0. The first-order valence-corrected chi connectivity index (χ1v) is 11.4. The fraction of sp³-hybridized carbons (Fsp3) is 1.00. The largest absolute Gasteiger partial charge is 0.329 e. The van der Waals surface area contributed by atoms with E-state index in [4.69, 9.17) is 11.5 Å². The second-order valence-electron chi connectivity index (χ2n) is 7.02. The number of nitrogens with two attached hydrogens (primary N) is 2. The van der Waals surface area contributed by atoms with Crippen molar-refractivity contribution in [2.24, 2.45) is 11.5 Å². The van der Waals surface area contributed by atoms with Crippen molar-refractivity contribution in [2.75, 3.05) is 125 Å². The maximum Gasteiger partial charge on any atom is 0.0108 e. The third-order valence-corrected chi connectivity index (χ3v) is 4.44. The van der Waals surface area contributed by atoms with E-state index in [9.17, 15) is 0 Å². The van der Waals surface area contributed by atoms with Gasteiger partial charge in [0, 0.05) is 118 Å². The second-order valence-corrected chi connectivity index (χ2v) is 7.02. The van der Waals surface area contributed by atoms with E-state index in [0.29, 0.717) is 13.1 Å². The van der Waals surface area contributed by atoms with E-state index in [-0.39, 0.29) is 0 Å². The molecular formula is C19H50N10. The monoisotopic (exact) mass is 418 g/mol. The molecule has 0 saturated heterocycles. The van der Waals surface area contributed by atoms with Crippen molar-refractivity contribution in [3.05, 3.63) is 0 Å². The van der Waals surface area contributed by atoms with Crippen molar-refractivity contribution in [1.82, 2.24) is 42.1 Å². The molecule has 10 heteroatoms. The lowest BCUT2D eigenvalue weighted by Gasteiger charge is -2.20. The summed E-state index contributed by atoms with van der Waals surface area (Å²) in [5.41, 5.74) is 11.2. The summed E-state index contributed by atoms with van der Waals surface area (Å²) in [4.78, 5) is 2.30. The van der Waals surface area contributed by atoms with Crippen LogP contribution in [0.25, 0.3) is 0 Å². The minimum atomic E-state index is 0.691. The molecule has 0 aromatic carbocycles. The van der Waals surface area contributed by atoms with Crippen LogP contribution in [0.15, 0.2) is 0 Å². The predicted molar refractivity (Wildman–Crippen MR) is 126 cm³/mol. The quantitative estimate of drug-likeness (QED) is 0.0673. The fourth-order valence-electron chi connectivity index (χ4n) is 2.79. The molecule has 0 saturated carbocycles. The van der Waals surface area contributed by atoms with E-state index in [1.54, 1.807) is 0 Å². The van der Waals surface area contributed by atoms with Crippen LogP contribution in [0.2, 0.25) is 0 Å². The number of nitrogens with zero attached hydrogens (tertiary/aromatic N) is 1. The smallest absolute Gasteiger partial charge is 0.0108 e. The predicted octanol–water partition coefficient (Wildman–Crippen LogP) is -4.04. The van der Waals surface area contributed by atoms with Crippen LogP contribution in [0.4, 0.5) is 0 Å². The Hall–Kier alpha value is -0.400. The molecule has 0 atom stereocenters. The number of likely N-dealkylation sites (N-methyl/N-ethyl adjacent to an activating group) is 1. The molecule has 11 N–H and O–H groups in total. The van der Waals surface area contributed by atoms with Gasteiger partial charge in [-0.25, -0.2) is 0 Å². The first kappa shape index (κ1) is 28.6. The van der Waals surface area contributed by atoms with E-state index in [1.807, 2.05) is 7.05 Å². The topological polar surface area (TPSA) is 139 Å². The Balaban J connectivity index is 3.11. The third-order valence-electron chi connectivity index (χ3n) is 4.44. The molecule has 0 aliphatic heterocycles. The molecule has 0 fully saturated rings. The highest BCUT2D eigenvalue weighted by Crippen LogP contribution is 1.83. The number of nitrogens with one attached hydrogen (secondary N) is 7. The Morgan fingerprint density at radius 1 is 0.448 bits per heavy atom. The van der Waals surface area contributed by atoms with Gasteiger partial charge < -0.3 is 48.7 Å². The van der Waals surface area contributed by atoms with Gasteiger partial charge >= 0.3 is 0 Å². The van der Waals surface area contributed by atoms with Crippen LogP contribution >= 0.6 is 0 Å². The van der Waals surface area contributed by atoms with Gasteiger partial charge in [0.1, 0.15) is 0 Å². The normalized spacial score (nSPS) is 11.6. The fourth-order valence-corrected chi connectivity index (χ4v) is 2.79. The van der Waals surface area contributed by atoms with Crippen molar-refractivity contribution >= 4 is 0 Å². The second kappa shape index (κ2) is 25.6. The number of hydrogen-bond donors (Lipinski definition) is 9. The van der Waals surface area contributed by atoms with Crippen LogP contribution in [-0.2, 0) is 0 Å². The maximum atomic E-state index is 5.61. The SMILES string of the molecule is CNCCNCCNCCNCCNCCNCCNCCN(CCN)CCN. The molecule has 0 radical (unpaired) electrons. The average Bonchev–Trinajstić information content (AvgIpc) is 2.72. The lowest BCUT2D eigenvalue weighted by molar-refractivity contribution is 0.288. The highest BCUT2D eigenvalue weighted by atomic mass is 15.1. The molecule has 29 heavy (non-hydrogen) atoms. The molecule has 0 bridgehead atoms. The summed E-state index contributed by atoms with van der Waals surface area (Å²) in [5.74, 6) is 0. The summed E-state index contributed by atoms with van der Waals surface area (Å²) in [6.45, 7) is 17.3. The zero-order valence-corrected chi connectivity index (χ0v) is 18.8. The minimum absolute atomic E-state index is 0.691. The van der Waals surface area contributed by atoms with Crippen LogP contribution in [0.5, 0.6) is 0 Å². The molecule has 0 amide bonds. The standard InChI is InChI=1S/C19H50N10/c1-22-4-5-23-6-7-24-8-9-25-10-11-26-12-13-27-14-15-28-16-19-29(17-2-20)18-3-21/h22-28H,2-21H2,1H3. The first-order chi connectivity index (χ1) is 14.3. The molecule has 0 spiro atoms. The summed E-state index contributed by atoms with van der Waals surface area (Å²) in [7, 11) is 1.97. The highest BCUT2D eigenvalue weighted by molar-refractivity contribution is 4.62. The van der Waals surface area contributed by atoms with Crippen molar-refractivity contribution < 1.29 is 0 Å². The Morgan fingerprint density at radius 3 is 1.07 bits per heavy atom. The third kappa shape index (κ3) is 23.7. The summed E-state index contributed by atoms with van der Waals surface area (Å²) < 4.78 is 0. The molecule has 0 aliphatic rings. The lowest BCUT2D eigenvalue weighted by Crippen LogP contribution is -2.40. The Morgan fingerprint density at radius 2 is 0.759 bits per heavy atom. The summed E-state index contributed by atoms with van der Waals surface area (Å²) in [5, 5.41) is 23.7. The zero-order chi connectivity index (χ0) is 21.3. The van der Waals surface area contributed by atoms with Crippen LogP contribution in [0.3, 0.4) is 0 Å². The van der Waals surface area contributed by atoms with Gasteiger partial charge in [-0.1, -0.05) is 0 Å². The molecule has 0 aliphatic carbocycles. The summed E-state index contributed by atoms with van der Waals surface area (Å²) >= 11 is 0. The van der Waals surface area contributed by atoms with E-state index in [0.717, 1.165) is 105 Å². The molecule has 0 rings (SSSR count). The number of hydrogen-bond acceptors (Lipinski definition) is 10. The van der Waals surface area contributed by atoms with Gasteiger partial charge in [0.15, 0.2) is 0 Å². The minimum Gasteiger partial charge on any atom is -0.329 e. The van der Waals surface area contributed by atoms with Gasteiger partial charge in [0.25, 0.3) is 0 Å². The first-order valence-electron chi connectivity index (χ1n) is 11.4. The Bertz CT molecular complexity index is 290. The number of rotatable bonds is 25. The van der Waals surface area contributed by atoms with Gasteiger partial charge in [0.05, 0.1) is 0 Å². The molecule has 0 heterocycles. The molecule has 0 aromatic rings. The van der Waals surface area contributed by atoms with E-state index in [1.165, 1.54) is 0 Å². The molecule has 0 aromatic heterocycles. The summed E-state index contributed by atoms with van der Waals surface area (Å²) in [6.07, 6.45) is 0. The van der Waals surface area contributed by atoms with Gasteiger partial charge in [-0.15, -0.1) is 0 Å². The zero-order valence-electron chi connectivity index (χ0n) is 18.8. The van der Waals surface area contributed by atoms with E-state index in [2.05, 4.69) is 42.1 Å². The average molecular weight is 419 g/mol. The Kier molecular flexibility index (Phi) is 25.3. The van der Waals surface area contributed by atoms with E-state index >= 15 is 0 Å². The highest BCUT2D eigenvalue weighted by Gasteiger charge is 2.01. The molecule has 176 valence electrons. The van der Waals surface area contributed by atoms with Crippen LogP contribution in [0, 0.1) is 0 Å². The van der Waals surface area contributed by atoms with Gasteiger partial charge in [-0.2, -0.15) is 0 Å². The van der Waals surface area contributed by atoms with E-state index < -0.39 is 0 Å². The molecule has 0 unspecified atom stereocenters. The van der Waals surface area contributed by atoms with Crippen molar-refractivity contribution in [3.63, 3.8) is 0 Å². The van der Waals surface area contributed by atoms with Gasteiger partial charge in [-0.05, 0) is 7.05 Å². The Labute approximate surface area is 179 Å². The van der Waals surface area contributed by atoms with Crippen molar-refractivity contribution in [3.8, 4) is 0 Å². The van der Waals surface area contributed by atoms with Crippen LogP contribution < -0.4 is 48.7 Å². The molecule has 10 nitrogen and oxygen atoms in total. The van der Waals surface area contributed by atoms with Crippen LogP contribution in [0.1, 0.15) is 0 Å².